The minimum absolute atomic E-state index is 0.181. The molecule has 0 atom stereocenters. The fraction of sp³-hybridized carbons (Fsp3) is 0. The van der Waals surface area contributed by atoms with Crippen LogP contribution in [-0.4, -0.2) is 62.8 Å². The highest BCUT2D eigenvalue weighted by molar-refractivity contribution is 6.71. The Balaban J connectivity index is 1.21. The van der Waals surface area contributed by atoms with Crippen LogP contribution in [0, 0.1) is 0 Å². The summed E-state index contributed by atoms with van der Waals surface area (Å²) < 4.78 is 6.37. The Bertz CT molecular complexity index is 3220. The van der Waals surface area contributed by atoms with Crippen molar-refractivity contribution < 1.29 is 4.42 Å². The summed E-state index contributed by atoms with van der Waals surface area (Å²) in [6.45, 7) is 0. The molecule has 0 aliphatic carbocycles. The van der Waals surface area contributed by atoms with E-state index in [1.165, 1.54) is 0 Å². The summed E-state index contributed by atoms with van der Waals surface area (Å²) in [6, 6.07) is 41.2. The lowest BCUT2D eigenvalue weighted by Gasteiger charge is -2.28. The Morgan fingerprint density at radius 3 is 1.40 bits per heavy atom. The molecule has 9 aromatic carbocycles. The maximum absolute atomic E-state index is 6.92. The second-order valence-electron chi connectivity index (χ2n) is 14.2. The predicted molar refractivity (Wildman–Crippen MR) is 243 cm³/mol. The van der Waals surface area contributed by atoms with E-state index in [2.05, 4.69) is 66.7 Å². The first kappa shape index (κ1) is 33.9. The van der Waals surface area contributed by atoms with E-state index >= 15 is 0 Å². The van der Waals surface area contributed by atoms with Gasteiger partial charge in [0.2, 0.25) is 0 Å². The van der Waals surface area contributed by atoms with Gasteiger partial charge < -0.3 is 4.42 Å². The van der Waals surface area contributed by atoms with Gasteiger partial charge in [0, 0.05) is 16.2 Å². The third-order valence-corrected chi connectivity index (χ3v) is 11.2. The van der Waals surface area contributed by atoms with E-state index in [1.54, 1.807) is 0 Å². The molecular formula is C46H20B8O. The molecule has 0 aliphatic heterocycles. The second-order valence-corrected chi connectivity index (χ2v) is 14.2. The van der Waals surface area contributed by atoms with Crippen LogP contribution in [0.3, 0.4) is 0 Å². The van der Waals surface area contributed by atoms with Gasteiger partial charge in [0.15, 0.2) is 0 Å². The lowest BCUT2D eigenvalue weighted by Crippen LogP contribution is -2.50. The van der Waals surface area contributed by atoms with Crippen molar-refractivity contribution in [3.63, 3.8) is 0 Å². The number of hydrogen-bond donors (Lipinski definition) is 0. The molecule has 0 saturated carbocycles. The summed E-state index contributed by atoms with van der Waals surface area (Å²) in [6.07, 6.45) is 0. The van der Waals surface area contributed by atoms with Crippen LogP contribution in [-0.2, 0) is 0 Å². The van der Waals surface area contributed by atoms with Crippen LogP contribution >= 0.6 is 0 Å². The van der Waals surface area contributed by atoms with Crippen LogP contribution in [0.5, 0.6) is 0 Å². The molecule has 0 fully saturated rings. The van der Waals surface area contributed by atoms with Crippen LogP contribution in [0.4, 0.5) is 0 Å². The summed E-state index contributed by atoms with van der Waals surface area (Å²) in [5.41, 5.74) is 8.70. The number of rotatable bonds is 3. The number of fused-ring (bicyclic) bond motifs is 8. The average molecular weight is 675 g/mol. The second kappa shape index (κ2) is 12.4. The number of furan rings is 1. The van der Waals surface area contributed by atoms with Crippen LogP contribution in [0.15, 0.2) is 126 Å². The molecule has 234 valence electrons. The van der Waals surface area contributed by atoms with Gasteiger partial charge in [-0.1, -0.05) is 113 Å². The van der Waals surface area contributed by atoms with Crippen LogP contribution in [0.2, 0.25) is 0 Å². The van der Waals surface area contributed by atoms with Gasteiger partial charge in [-0.3, -0.25) is 0 Å². The first-order valence-corrected chi connectivity index (χ1v) is 17.8. The Kier molecular flexibility index (Phi) is 7.66. The fourth-order valence-corrected chi connectivity index (χ4v) is 8.39. The lowest BCUT2D eigenvalue weighted by atomic mass is 9.59. The molecule has 0 N–H and O–H groups in total. The zero-order chi connectivity index (χ0) is 37.9. The highest BCUT2D eigenvalue weighted by Gasteiger charge is 2.24. The Morgan fingerprint density at radius 2 is 0.782 bits per heavy atom. The van der Waals surface area contributed by atoms with Gasteiger partial charge in [-0.15, -0.1) is 21.9 Å². The number of benzene rings is 9. The van der Waals surface area contributed by atoms with Crippen molar-refractivity contribution in [3.8, 4) is 33.4 Å². The summed E-state index contributed by atoms with van der Waals surface area (Å²) in [5.74, 6) is 0. The van der Waals surface area contributed by atoms with Crippen LogP contribution in [0.1, 0.15) is 0 Å². The van der Waals surface area contributed by atoms with E-state index in [9.17, 15) is 0 Å². The molecule has 0 spiro atoms. The topological polar surface area (TPSA) is 13.1 Å². The third kappa shape index (κ3) is 4.91. The van der Waals surface area contributed by atoms with E-state index in [-0.39, 0.29) is 43.7 Å². The highest BCUT2D eigenvalue weighted by atomic mass is 16.3. The van der Waals surface area contributed by atoms with Crippen molar-refractivity contribution in [3.05, 3.63) is 121 Å². The van der Waals surface area contributed by atoms with Crippen molar-refractivity contribution in [2.75, 3.05) is 0 Å². The quantitative estimate of drug-likeness (QED) is 0.207. The molecule has 1 nitrogen and oxygen atoms in total. The van der Waals surface area contributed by atoms with Crippen molar-refractivity contribution >= 4 is 172 Å². The average Bonchev–Trinajstić information content (AvgIpc) is 3.61. The Labute approximate surface area is 329 Å². The van der Waals surface area contributed by atoms with Gasteiger partial charge in [0.05, 0.1) is 0 Å². The van der Waals surface area contributed by atoms with Crippen molar-refractivity contribution in [1.82, 2.24) is 0 Å². The summed E-state index contributed by atoms with van der Waals surface area (Å²) >= 11 is 0. The van der Waals surface area contributed by atoms with Crippen molar-refractivity contribution in [2.45, 2.75) is 0 Å². The van der Waals surface area contributed by atoms with E-state index in [1.807, 2.05) is 54.6 Å². The standard InChI is InChI=1S/C46H20B8O/c47-38-34-32(22-7-2-1-3-8-22)35-37(41(50)45(54)43(52)39(35)48)33(36(34)40(49)44(53)42(38)51)27-13-12-23-18-24(10-11-25(23)19-27)26-15-17-31-30(20-26)29-16-14-21-6-4-5-9-28(21)46(29)55-31/h1-20H. The molecule has 0 saturated heterocycles. The molecule has 0 aliphatic rings. The molecule has 10 rings (SSSR count). The van der Waals surface area contributed by atoms with Crippen LogP contribution in [0.25, 0.3) is 98.4 Å². The Morgan fingerprint density at radius 1 is 0.309 bits per heavy atom. The fourth-order valence-electron chi connectivity index (χ4n) is 8.39. The van der Waals surface area contributed by atoms with E-state index < -0.39 is 0 Å². The summed E-state index contributed by atoms with van der Waals surface area (Å²) in [7, 11) is 53.7. The van der Waals surface area contributed by atoms with Crippen molar-refractivity contribution in [2.24, 2.45) is 0 Å². The van der Waals surface area contributed by atoms with Gasteiger partial charge in [-0.2, -0.15) is 0 Å². The first-order valence-electron chi connectivity index (χ1n) is 17.8. The first-order chi connectivity index (χ1) is 26.6. The molecule has 55 heavy (non-hydrogen) atoms. The monoisotopic (exact) mass is 676 g/mol. The molecule has 16 radical (unpaired) electrons. The van der Waals surface area contributed by atoms with Crippen molar-refractivity contribution in [1.29, 1.82) is 0 Å². The predicted octanol–water partition coefficient (Wildman–Crippen LogP) is 3.55. The normalized spacial score (nSPS) is 11.9. The van der Waals surface area contributed by atoms with Gasteiger partial charge >= 0.3 is 0 Å². The lowest BCUT2D eigenvalue weighted by molar-refractivity contribution is 0.672. The van der Waals surface area contributed by atoms with E-state index in [0.29, 0.717) is 32.7 Å². The maximum Gasteiger partial charge on any atom is 0.143 e. The minimum Gasteiger partial charge on any atom is -0.455 e. The highest BCUT2D eigenvalue weighted by Crippen LogP contribution is 2.42. The van der Waals surface area contributed by atoms with Gasteiger partial charge in [-0.25, -0.2) is 0 Å². The zero-order valence-electron chi connectivity index (χ0n) is 29.6. The number of hydrogen-bond acceptors (Lipinski definition) is 1. The summed E-state index contributed by atoms with van der Waals surface area (Å²) in [5, 5.41) is 8.80. The molecular weight excluding hydrogens is 655 g/mol. The maximum atomic E-state index is 6.92. The molecule has 1 aromatic heterocycles. The van der Waals surface area contributed by atoms with Crippen LogP contribution < -0.4 is 43.7 Å². The molecule has 1 heterocycles. The molecule has 0 bridgehead atoms. The third-order valence-electron chi connectivity index (χ3n) is 11.2. The minimum atomic E-state index is 0.181. The molecule has 0 unspecified atom stereocenters. The van der Waals surface area contributed by atoms with Gasteiger partial charge in [0.1, 0.15) is 73.9 Å². The van der Waals surface area contributed by atoms with E-state index in [0.717, 1.165) is 65.7 Å². The molecule has 10 aromatic rings. The zero-order valence-corrected chi connectivity index (χ0v) is 29.6. The van der Waals surface area contributed by atoms with Gasteiger partial charge in [-0.05, 0) is 101 Å². The smallest absolute Gasteiger partial charge is 0.143 e. The van der Waals surface area contributed by atoms with Gasteiger partial charge in [0.25, 0.3) is 0 Å². The Hall–Kier alpha value is -5.66. The SMILES string of the molecule is [B]c1c([B])c([B])c2c(-c3ccc4cc(-c5ccc6oc7c8ccccc8ccc7c6c5)ccc4c3)c3c([B])c([B])c([B])c([B])c3c(-c3ccccc3)c2c1[B]. The molecule has 0 amide bonds. The summed E-state index contributed by atoms with van der Waals surface area (Å²) in [4.78, 5) is 0. The molecule has 9 heteroatoms. The largest absolute Gasteiger partial charge is 0.455 e. The van der Waals surface area contributed by atoms with E-state index in [4.69, 9.17) is 67.2 Å².